The molecule has 1 rings (SSSR count). The van der Waals surface area contributed by atoms with Crippen LogP contribution in [0.25, 0.3) is 0 Å². The van der Waals surface area contributed by atoms with Gasteiger partial charge in [-0.15, -0.1) is 0 Å². The number of nitrogens with one attached hydrogen (secondary N) is 2. The van der Waals surface area contributed by atoms with E-state index in [2.05, 4.69) is 10.6 Å². The van der Waals surface area contributed by atoms with Gasteiger partial charge in [0.1, 0.15) is 6.04 Å². The third-order valence-corrected chi connectivity index (χ3v) is 2.30. The molecule has 0 heterocycles. The van der Waals surface area contributed by atoms with Crippen LogP contribution < -0.4 is 16.4 Å². The van der Waals surface area contributed by atoms with Gasteiger partial charge in [0.05, 0.1) is 6.42 Å². The van der Waals surface area contributed by atoms with Crippen molar-refractivity contribution in [1.29, 1.82) is 0 Å². The summed E-state index contributed by atoms with van der Waals surface area (Å²) in [5, 5.41) is 13.5. The summed E-state index contributed by atoms with van der Waals surface area (Å²) < 4.78 is 0. The molecule has 3 amide bonds. The van der Waals surface area contributed by atoms with Gasteiger partial charge in [-0.2, -0.15) is 0 Å². The number of hydrogen-bond acceptors (Lipinski definition) is 3. The van der Waals surface area contributed by atoms with E-state index < -0.39 is 23.9 Å². The predicted octanol–water partition coefficient (Wildman–Crippen LogP) is 0.309. The van der Waals surface area contributed by atoms with Gasteiger partial charge in [0.2, 0.25) is 5.91 Å². The molecule has 0 radical (unpaired) electrons. The molecule has 1 aromatic rings. The van der Waals surface area contributed by atoms with E-state index in [1.54, 1.807) is 24.3 Å². The zero-order chi connectivity index (χ0) is 14.4. The number of carbonyl (C=O) groups is 3. The van der Waals surface area contributed by atoms with Gasteiger partial charge in [-0.1, -0.05) is 12.1 Å². The fourth-order valence-electron chi connectivity index (χ4n) is 1.46. The number of carbonyl (C=O) groups excluding carboxylic acids is 2. The molecule has 1 unspecified atom stereocenters. The van der Waals surface area contributed by atoms with Crippen molar-refractivity contribution < 1.29 is 19.5 Å². The van der Waals surface area contributed by atoms with Gasteiger partial charge >= 0.3 is 12.0 Å². The number of carboxylic acids is 1. The van der Waals surface area contributed by atoms with Crippen molar-refractivity contribution in [2.45, 2.75) is 19.4 Å². The second kappa shape index (κ2) is 6.39. The maximum Gasteiger partial charge on any atom is 0.312 e. The van der Waals surface area contributed by atoms with Gasteiger partial charge in [-0.25, -0.2) is 4.79 Å². The molecule has 1 aromatic carbocycles. The third kappa shape index (κ3) is 5.07. The Morgan fingerprint density at radius 3 is 2.63 bits per heavy atom. The Hall–Kier alpha value is -2.57. The first-order chi connectivity index (χ1) is 8.88. The molecule has 0 aliphatic heterocycles. The first-order valence-corrected chi connectivity index (χ1v) is 5.56. The van der Waals surface area contributed by atoms with Crippen molar-refractivity contribution >= 4 is 23.6 Å². The van der Waals surface area contributed by atoms with Crippen LogP contribution in [-0.4, -0.2) is 29.1 Å². The molecular weight excluding hydrogens is 250 g/mol. The molecule has 1 atom stereocenters. The van der Waals surface area contributed by atoms with Gasteiger partial charge in [0, 0.05) is 5.69 Å². The average molecular weight is 265 g/mol. The second-order valence-corrected chi connectivity index (χ2v) is 3.99. The lowest BCUT2D eigenvalue weighted by molar-refractivity contribution is -0.136. The molecule has 0 spiro atoms. The fourth-order valence-corrected chi connectivity index (χ4v) is 1.46. The van der Waals surface area contributed by atoms with Gasteiger partial charge in [0.25, 0.3) is 0 Å². The molecule has 102 valence electrons. The highest BCUT2D eigenvalue weighted by molar-refractivity contribution is 5.96. The number of urea groups is 1. The van der Waals surface area contributed by atoms with Crippen molar-refractivity contribution in [2.75, 3.05) is 5.32 Å². The van der Waals surface area contributed by atoms with Crippen LogP contribution in [0.4, 0.5) is 10.5 Å². The predicted molar refractivity (Wildman–Crippen MR) is 68.6 cm³/mol. The quantitative estimate of drug-likeness (QED) is 0.612. The molecule has 0 saturated carbocycles. The summed E-state index contributed by atoms with van der Waals surface area (Å²) >= 11 is 0. The van der Waals surface area contributed by atoms with Crippen LogP contribution in [-0.2, 0) is 16.0 Å². The van der Waals surface area contributed by atoms with E-state index in [4.69, 9.17) is 10.8 Å². The molecule has 7 heteroatoms. The van der Waals surface area contributed by atoms with Crippen molar-refractivity contribution in [3.8, 4) is 0 Å². The highest BCUT2D eigenvalue weighted by Gasteiger charge is 2.14. The Bertz CT molecular complexity index is 502. The molecule has 0 aromatic heterocycles. The summed E-state index contributed by atoms with van der Waals surface area (Å²) in [5.74, 6) is -1.39. The Labute approximate surface area is 109 Å². The van der Waals surface area contributed by atoms with E-state index in [1.165, 1.54) is 6.92 Å². The lowest BCUT2D eigenvalue weighted by Crippen LogP contribution is -2.44. The minimum atomic E-state index is -0.952. The second-order valence-electron chi connectivity index (χ2n) is 3.99. The van der Waals surface area contributed by atoms with E-state index in [0.717, 1.165) is 0 Å². The Kier molecular flexibility index (Phi) is 4.87. The maximum absolute atomic E-state index is 11.7. The zero-order valence-corrected chi connectivity index (χ0v) is 10.3. The Morgan fingerprint density at radius 2 is 2.05 bits per heavy atom. The summed E-state index contributed by atoms with van der Waals surface area (Å²) in [6, 6.07) is 4.90. The van der Waals surface area contributed by atoms with Crippen molar-refractivity contribution in [3.63, 3.8) is 0 Å². The van der Waals surface area contributed by atoms with Gasteiger partial charge in [0.15, 0.2) is 0 Å². The first-order valence-electron chi connectivity index (χ1n) is 5.56. The van der Waals surface area contributed by atoms with Crippen LogP contribution in [0.3, 0.4) is 0 Å². The average Bonchev–Trinajstić information content (AvgIpc) is 2.27. The van der Waals surface area contributed by atoms with Crippen LogP contribution in [0, 0.1) is 0 Å². The summed E-state index contributed by atoms with van der Waals surface area (Å²) in [5.41, 5.74) is 5.94. The van der Waals surface area contributed by atoms with E-state index in [-0.39, 0.29) is 6.42 Å². The summed E-state index contributed by atoms with van der Waals surface area (Å²) in [6.45, 7) is 1.49. The fraction of sp³-hybridized carbons (Fsp3) is 0.250. The van der Waals surface area contributed by atoms with Crippen LogP contribution in [0.2, 0.25) is 0 Å². The number of carboxylic acid groups (broad SMARTS) is 1. The van der Waals surface area contributed by atoms with E-state index in [9.17, 15) is 14.4 Å². The minimum absolute atomic E-state index is 0.126. The number of primary amides is 1. The van der Waals surface area contributed by atoms with Crippen LogP contribution in [0.1, 0.15) is 12.5 Å². The van der Waals surface area contributed by atoms with Crippen LogP contribution >= 0.6 is 0 Å². The normalized spacial score (nSPS) is 11.4. The number of hydrogen-bond donors (Lipinski definition) is 4. The molecule has 19 heavy (non-hydrogen) atoms. The SMILES string of the molecule is CC(NC(N)=O)C(=O)Nc1cccc(CC(=O)O)c1. The maximum atomic E-state index is 11.7. The van der Waals surface area contributed by atoms with Gasteiger partial charge < -0.3 is 21.5 Å². The number of aliphatic carboxylic acids is 1. The highest BCUT2D eigenvalue weighted by atomic mass is 16.4. The third-order valence-electron chi connectivity index (χ3n) is 2.30. The minimum Gasteiger partial charge on any atom is -0.481 e. The number of rotatable bonds is 5. The standard InChI is InChI=1S/C12H15N3O4/c1-7(14-12(13)19)11(18)15-9-4-2-3-8(5-9)6-10(16)17/h2-5,7H,6H2,1H3,(H,15,18)(H,16,17)(H3,13,14,19). The monoisotopic (exact) mass is 265 g/mol. The van der Waals surface area contributed by atoms with Gasteiger partial charge in [-0.3, -0.25) is 9.59 Å². The number of nitrogens with two attached hydrogens (primary N) is 1. The number of amides is 3. The molecule has 0 fully saturated rings. The first kappa shape index (κ1) is 14.5. The molecule has 5 N–H and O–H groups in total. The van der Waals surface area contributed by atoms with Crippen molar-refractivity contribution in [2.24, 2.45) is 5.73 Å². The largest absolute Gasteiger partial charge is 0.481 e. The molecule has 0 saturated heterocycles. The van der Waals surface area contributed by atoms with E-state index >= 15 is 0 Å². The topological polar surface area (TPSA) is 122 Å². The van der Waals surface area contributed by atoms with Crippen LogP contribution in [0.15, 0.2) is 24.3 Å². The number of anilines is 1. The van der Waals surface area contributed by atoms with E-state index in [0.29, 0.717) is 11.3 Å². The van der Waals surface area contributed by atoms with Gasteiger partial charge in [-0.05, 0) is 24.6 Å². The van der Waals surface area contributed by atoms with Crippen LogP contribution in [0.5, 0.6) is 0 Å². The van der Waals surface area contributed by atoms with E-state index in [1.807, 2.05) is 0 Å². The molecule has 0 aliphatic carbocycles. The van der Waals surface area contributed by atoms with Crippen molar-refractivity contribution in [3.05, 3.63) is 29.8 Å². The lowest BCUT2D eigenvalue weighted by Gasteiger charge is -2.12. The Morgan fingerprint density at radius 1 is 1.37 bits per heavy atom. The highest BCUT2D eigenvalue weighted by Crippen LogP contribution is 2.11. The lowest BCUT2D eigenvalue weighted by atomic mass is 10.1. The zero-order valence-electron chi connectivity index (χ0n) is 10.3. The molecule has 7 nitrogen and oxygen atoms in total. The molecule has 0 bridgehead atoms. The Balaban J connectivity index is 2.68. The summed E-state index contributed by atoms with van der Waals surface area (Å²) in [4.78, 5) is 32.9. The summed E-state index contributed by atoms with van der Waals surface area (Å²) in [7, 11) is 0. The van der Waals surface area contributed by atoms with Crippen molar-refractivity contribution in [1.82, 2.24) is 5.32 Å². The number of benzene rings is 1. The summed E-state index contributed by atoms with van der Waals surface area (Å²) in [6.07, 6.45) is -0.126. The smallest absolute Gasteiger partial charge is 0.312 e. The molecular formula is C12H15N3O4. The molecule has 0 aliphatic rings.